The lowest BCUT2D eigenvalue weighted by Crippen LogP contribution is -2.27. The topological polar surface area (TPSA) is 3.24 Å². The summed E-state index contributed by atoms with van der Waals surface area (Å²) in [6, 6.07) is 14.2. The highest BCUT2D eigenvalue weighted by Gasteiger charge is 2.23. The van der Waals surface area contributed by atoms with Gasteiger partial charge in [0.2, 0.25) is 0 Å². The van der Waals surface area contributed by atoms with Gasteiger partial charge in [-0.05, 0) is 54.8 Å². The summed E-state index contributed by atoms with van der Waals surface area (Å²) >= 11 is 3.73. The molecule has 0 spiro atoms. The Hall–Kier alpha value is -0.770. The van der Waals surface area contributed by atoms with Crippen LogP contribution in [-0.4, -0.2) is 17.7 Å². The van der Waals surface area contributed by atoms with Crippen LogP contribution < -0.4 is 0 Å². The minimum Gasteiger partial charge on any atom is -0.291 e. The van der Waals surface area contributed by atoms with Gasteiger partial charge in [-0.2, -0.15) is 0 Å². The van der Waals surface area contributed by atoms with Crippen molar-refractivity contribution in [3.05, 3.63) is 52.2 Å². The van der Waals surface area contributed by atoms with Crippen molar-refractivity contribution < 1.29 is 0 Å². The summed E-state index contributed by atoms with van der Waals surface area (Å²) in [7, 11) is 0. The number of likely N-dealkylation sites (tertiary alicyclic amines) is 1. The number of thiophene rings is 1. The van der Waals surface area contributed by atoms with Crippen molar-refractivity contribution in [2.24, 2.45) is 0 Å². The van der Waals surface area contributed by atoms with Gasteiger partial charge in [0.25, 0.3) is 0 Å². The molecular formula is C18H23NS2. The Morgan fingerprint density at radius 2 is 2.00 bits per heavy atom. The Kier molecular flexibility index (Phi) is 5.39. The Morgan fingerprint density at radius 1 is 1.14 bits per heavy atom. The van der Waals surface area contributed by atoms with E-state index in [1.54, 1.807) is 0 Å². The molecule has 1 nitrogen and oxygen atoms in total. The fourth-order valence-corrected chi connectivity index (χ4v) is 4.43. The number of benzene rings is 1. The standard InChI is InChI=1S/C18H23NS2/c1-20-16-10-8-15(9-11-16)14-19-12-4-2-3-6-17(19)18-7-5-13-21-18/h5,7-11,13,17H,2-4,6,12,14H2,1H3/t17-/m0/s1. The Labute approximate surface area is 136 Å². The molecule has 0 unspecified atom stereocenters. The van der Waals surface area contributed by atoms with Crippen LogP contribution in [0.1, 0.15) is 42.2 Å². The largest absolute Gasteiger partial charge is 0.291 e. The van der Waals surface area contributed by atoms with Crippen molar-refractivity contribution in [3.63, 3.8) is 0 Å². The van der Waals surface area contributed by atoms with Gasteiger partial charge in [0.1, 0.15) is 0 Å². The Bertz CT molecular complexity index is 533. The van der Waals surface area contributed by atoms with Crippen molar-refractivity contribution in [1.82, 2.24) is 4.90 Å². The Balaban J connectivity index is 1.76. The van der Waals surface area contributed by atoms with Gasteiger partial charge >= 0.3 is 0 Å². The molecule has 1 fully saturated rings. The van der Waals surface area contributed by atoms with E-state index in [9.17, 15) is 0 Å². The smallest absolute Gasteiger partial charge is 0.0445 e. The first-order chi connectivity index (χ1) is 10.4. The highest BCUT2D eigenvalue weighted by molar-refractivity contribution is 7.98. The average molecular weight is 318 g/mol. The number of rotatable bonds is 4. The van der Waals surface area contributed by atoms with Crippen LogP contribution in [0.3, 0.4) is 0 Å². The summed E-state index contributed by atoms with van der Waals surface area (Å²) in [6.45, 7) is 2.31. The van der Waals surface area contributed by atoms with Gasteiger partial charge in [0.15, 0.2) is 0 Å². The van der Waals surface area contributed by atoms with Crippen LogP contribution in [0.25, 0.3) is 0 Å². The SMILES string of the molecule is CSc1ccc(CN2CCCCC[C@H]2c2cccs2)cc1. The van der Waals surface area contributed by atoms with E-state index in [4.69, 9.17) is 0 Å². The number of thioether (sulfide) groups is 1. The molecule has 1 aliphatic heterocycles. The van der Waals surface area contributed by atoms with Gasteiger partial charge in [-0.3, -0.25) is 4.90 Å². The molecule has 0 radical (unpaired) electrons. The normalized spacial score (nSPS) is 20.3. The molecule has 2 aromatic rings. The van der Waals surface area contributed by atoms with E-state index in [2.05, 4.69) is 52.9 Å². The van der Waals surface area contributed by atoms with Crippen LogP contribution in [0, 0.1) is 0 Å². The molecule has 1 saturated heterocycles. The van der Waals surface area contributed by atoms with Crippen LogP contribution in [0.4, 0.5) is 0 Å². The predicted octanol–water partition coefficient (Wildman–Crippen LogP) is 5.59. The summed E-state index contributed by atoms with van der Waals surface area (Å²) < 4.78 is 0. The third kappa shape index (κ3) is 3.91. The highest BCUT2D eigenvalue weighted by atomic mass is 32.2. The van der Waals surface area contributed by atoms with Crippen LogP contribution in [0.15, 0.2) is 46.7 Å². The maximum atomic E-state index is 2.69. The van der Waals surface area contributed by atoms with Gasteiger partial charge in [0, 0.05) is 22.4 Å². The zero-order valence-corrected chi connectivity index (χ0v) is 14.3. The molecule has 3 heteroatoms. The quantitative estimate of drug-likeness (QED) is 0.676. The molecule has 1 atom stereocenters. The van der Waals surface area contributed by atoms with Gasteiger partial charge in [0.05, 0.1) is 0 Å². The molecule has 0 bridgehead atoms. The Morgan fingerprint density at radius 3 is 2.71 bits per heavy atom. The lowest BCUT2D eigenvalue weighted by Gasteiger charge is -2.29. The van der Waals surface area contributed by atoms with Crippen molar-refractivity contribution >= 4 is 23.1 Å². The lowest BCUT2D eigenvalue weighted by molar-refractivity contribution is 0.195. The summed E-state index contributed by atoms with van der Waals surface area (Å²) in [5.41, 5.74) is 1.44. The first-order valence-electron chi connectivity index (χ1n) is 7.77. The molecule has 0 aliphatic carbocycles. The third-order valence-corrected chi connectivity index (χ3v) is 6.00. The monoisotopic (exact) mass is 317 g/mol. The molecule has 3 rings (SSSR count). The zero-order valence-electron chi connectivity index (χ0n) is 12.6. The minimum absolute atomic E-state index is 0.618. The molecule has 1 aromatic carbocycles. The van der Waals surface area contributed by atoms with Gasteiger partial charge in [-0.1, -0.05) is 31.0 Å². The number of hydrogen-bond acceptors (Lipinski definition) is 3. The molecule has 1 aromatic heterocycles. The van der Waals surface area contributed by atoms with E-state index in [1.165, 1.54) is 47.6 Å². The average Bonchev–Trinajstić information content (AvgIpc) is 2.96. The van der Waals surface area contributed by atoms with Gasteiger partial charge < -0.3 is 0 Å². The van der Waals surface area contributed by atoms with Crippen molar-refractivity contribution in [3.8, 4) is 0 Å². The van der Waals surface area contributed by atoms with Gasteiger partial charge in [-0.25, -0.2) is 0 Å². The molecule has 112 valence electrons. The van der Waals surface area contributed by atoms with Gasteiger partial charge in [-0.15, -0.1) is 23.1 Å². The van der Waals surface area contributed by atoms with Crippen molar-refractivity contribution in [2.75, 3.05) is 12.8 Å². The number of hydrogen-bond donors (Lipinski definition) is 0. The van der Waals surface area contributed by atoms with E-state index >= 15 is 0 Å². The minimum atomic E-state index is 0.618. The molecular weight excluding hydrogens is 294 g/mol. The predicted molar refractivity (Wildman–Crippen MR) is 94.2 cm³/mol. The van der Waals surface area contributed by atoms with Crippen molar-refractivity contribution in [2.45, 2.75) is 43.2 Å². The van der Waals surface area contributed by atoms with E-state index in [1.807, 2.05) is 23.1 Å². The van der Waals surface area contributed by atoms with E-state index in [-0.39, 0.29) is 0 Å². The van der Waals surface area contributed by atoms with Crippen LogP contribution in [0.5, 0.6) is 0 Å². The van der Waals surface area contributed by atoms with E-state index in [0.717, 1.165) is 6.54 Å². The summed E-state index contributed by atoms with van der Waals surface area (Å²) in [6.07, 6.45) is 7.53. The van der Waals surface area contributed by atoms with Crippen LogP contribution in [-0.2, 0) is 6.54 Å². The molecule has 1 aliphatic rings. The van der Waals surface area contributed by atoms with Crippen LogP contribution >= 0.6 is 23.1 Å². The number of nitrogens with zero attached hydrogens (tertiary/aromatic N) is 1. The first kappa shape index (κ1) is 15.1. The molecule has 0 amide bonds. The lowest BCUT2D eigenvalue weighted by atomic mass is 10.1. The molecule has 21 heavy (non-hydrogen) atoms. The van der Waals surface area contributed by atoms with Crippen LogP contribution in [0.2, 0.25) is 0 Å². The second kappa shape index (κ2) is 7.48. The summed E-state index contributed by atoms with van der Waals surface area (Å²) in [5, 5.41) is 2.21. The zero-order chi connectivity index (χ0) is 14.5. The maximum Gasteiger partial charge on any atom is 0.0445 e. The maximum absolute atomic E-state index is 2.69. The molecule has 2 heterocycles. The van der Waals surface area contributed by atoms with E-state index < -0.39 is 0 Å². The second-order valence-corrected chi connectivity index (χ2v) is 7.56. The van der Waals surface area contributed by atoms with Crippen molar-refractivity contribution in [1.29, 1.82) is 0 Å². The third-order valence-electron chi connectivity index (χ3n) is 4.28. The molecule has 0 N–H and O–H groups in total. The second-order valence-electron chi connectivity index (χ2n) is 5.70. The highest BCUT2D eigenvalue weighted by Crippen LogP contribution is 2.33. The summed E-state index contributed by atoms with van der Waals surface area (Å²) in [5.74, 6) is 0. The first-order valence-corrected chi connectivity index (χ1v) is 9.87. The fraction of sp³-hybridized carbons (Fsp3) is 0.444. The molecule has 0 saturated carbocycles. The fourth-order valence-electron chi connectivity index (χ4n) is 3.13. The van der Waals surface area contributed by atoms with E-state index in [0.29, 0.717) is 6.04 Å². The summed E-state index contributed by atoms with van der Waals surface area (Å²) in [4.78, 5) is 5.58.